The minimum absolute atomic E-state index is 0.0347. The highest BCUT2D eigenvalue weighted by molar-refractivity contribution is 6.10. The first-order valence-corrected chi connectivity index (χ1v) is 29.9. The fourth-order valence-corrected chi connectivity index (χ4v) is 12.0. The number of aryl methyl sites for hydroxylation is 1. The lowest BCUT2D eigenvalue weighted by atomic mass is 9.98. The molecule has 7 rings (SSSR count). The van der Waals surface area contributed by atoms with Gasteiger partial charge in [-0.05, 0) is 90.7 Å². The number of carbonyl (C=O) groups is 12. The Balaban J connectivity index is 1.32. The van der Waals surface area contributed by atoms with Gasteiger partial charge in [0, 0.05) is 46.8 Å². The topological polar surface area (TPSA) is 400 Å². The number of aromatic nitrogens is 1. The van der Waals surface area contributed by atoms with Crippen molar-refractivity contribution in [2.75, 3.05) is 60.1 Å². The van der Waals surface area contributed by atoms with Gasteiger partial charge in [0.15, 0.2) is 11.3 Å². The average Bonchev–Trinajstić information content (AvgIpc) is 0.893. The van der Waals surface area contributed by atoms with E-state index in [0.29, 0.717) is 18.4 Å². The normalized spacial score (nSPS) is 26.8. The number of hydrogen-bond acceptors (Lipinski definition) is 20. The molecule has 90 heavy (non-hydrogen) atoms. The summed E-state index contributed by atoms with van der Waals surface area (Å²) in [5.74, 6) is -12.7. The molecule has 4 saturated heterocycles. The Morgan fingerprint density at radius 1 is 0.644 bits per heavy atom. The highest BCUT2D eigenvalue weighted by Gasteiger charge is 2.47. The van der Waals surface area contributed by atoms with E-state index < -0.39 is 191 Å². The summed E-state index contributed by atoms with van der Waals surface area (Å²) in [4.78, 5) is 198. The SMILES string of the molecule is Cc1c2oc3c(C)ccc(C(=O)N[C@@H]4C(=O)N[C@H]([C@H](C)O)C(=O)N5CCC[C@H]5C(=O)N(C)CC(=O)N(C)[C@@H](C(C)C)C(=O)O[C@@H]4C)c3nc-2c(C(=O)N[C@@H]2C(=O)N[C@H]([C@H](C)O)C(=O)N3CCC[C@H]3C(=O)N(C)CC(=O)N(C)[C@@H](C(C)C)C(=O)O[C@@H]2C)c(N)c1=O. The van der Waals surface area contributed by atoms with Gasteiger partial charge in [0.1, 0.15) is 71.8 Å². The van der Waals surface area contributed by atoms with Crippen LogP contribution in [-0.2, 0) is 57.4 Å². The maximum absolute atomic E-state index is 15.1. The molecule has 5 heterocycles. The van der Waals surface area contributed by atoms with Gasteiger partial charge in [-0.2, -0.15) is 0 Å². The van der Waals surface area contributed by atoms with Crippen LogP contribution in [0.1, 0.15) is 113 Å². The first kappa shape index (κ1) is 68.7. The highest BCUT2D eigenvalue weighted by Crippen LogP contribution is 2.35. The summed E-state index contributed by atoms with van der Waals surface area (Å²) >= 11 is 0. The van der Waals surface area contributed by atoms with Crippen LogP contribution < -0.4 is 32.4 Å². The van der Waals surface area contributed by atoms with Crippen LogP contribution in [0.4, 0.5) is 5.69 Å². The van der Waals surface area contributed by atoms with E-state index in [2.05, 4.69) is 21.3 Å². The van der Waals surface area contributed by atoms with Gasteiger partial charge < -0.3 is 80.5 Å². The molecule has 490 valence electrons. The third kappa shape index (κ3) is 13.7. The number of nitrogens with two attached hydrogens (primary N) is 1. The van der Waals surface area contributed by atoms with E-state index in [0.717, 1.165) is 19.6 Å². The number of ether oxygens (including phenoxy) is 2. The molecule has 1 aromatic rings. The number of hydrogen-bond donors (Lipinski definition) is 7. The summed E-state index contributed by atoms with van der Waals surface area (Å²) in [6.45, 7) is 13.4. The molecular formula is C60H82N12O18. The predicted octanol–water partition coefficient (Wildman–Crippen LogP) is -1.82. The molecule has 5 aliphatic heterocycles. The zero-order chi connectivity index (χ0) is 67.0. The lowest BCUT2D eigenvalue weighted by molar-refractivity contribution is -0.163. The Kier molecular flexibility index (Phi) is 21.0. The fourth-order valence-electron chi connectivity index (χ4n) is 12.0. The summed E-state index contributed by atoms with van der Waals surface area (Å²) in [6.07, 6.45) is -5.43. The molecule has 0 radical (unpaired) electrons. The van der Waals surface area contributed by atoms with Crippen LogP contribution in [0.15, 0.2) is 21.3 Å². The van der Waals surface area contributed by atoms with E-state index in [4.69, 9.17) is 24.6 Å². The van der Waals surface area contributed by atoms with Gasteiger partial charge in [-0.25, -0.2) is 14.6 Å². The number of amides is 10. The minimum atomic E-state index is -2.01. The molecule has 10 amide bonds. The number of rotatable bonds is 8. The molecule has 12 atom stereocenters. The Morgan fingerprint density at radius 3 is 1.48 bits per heavy atom. The van der Waals surface area contributed by atoms with Crippen molar-refractivity contribution in [3.05, 3.63) is 44.6 Å². The van der Waals surface area contributed by atoms with Crippen molar-refractivity contribution in [2.45, 2.75) is 168 Å². The molecule has 30 heteroatoms. The standard InChI is InChI=1S/C60H82N12O18/c1-25(2)46-59(86)88-31(9)42(53(80)63-40(29(7)73)57(84)71-21-15-17-34(71)55(82)67(11)23-36(75)69(46)13)65-51(78)33-20-19-27(5)49-44(33)62-45-38(39(61)48(77)28(6)50(45)90-49)52(79)66-43-32(10)89-60(87)47(26(3)4)70(14)37(76)24-68(12)56(83)35-18-16-22-72(35)58(85)41(30(8)74)64-54(43)81/h19-20,25-26,29-32,34-35,40-43,46-47,73-74H,15-18,21-24,61H2,1-14H3,(H,63,80)(H,64,81)(H,65,78)(H,66,79)/t29-,30-,31+,32+,34-,35-,40+,41+,42-,43-,46-,47-/m0/s1. The third-order valence-corrected chi connectivity index (χ3v) is 17.2. The number of carbonyl (C=O) groups excluding carboxylic acids is 12. The Labute approximate surface area is 519 Å². The first-order valence-electron chi connectivity index (χ1n) is 29.9. The van der Waals surface area contributed by atoms with Crippen molar-refractivity contribution in [1.82, 2.24) is 55.7 Å². The number of aliphatic hydroxyl groups is 2. The fraction of sp³-hybridized carbons (Fsp3) is 0.600. The molecule has 8 N–H and O–H groups in total. The van der Waals surface area contributed by atoms with Crippen LogP contribution in [0, 0.1) is 25.7 Å². The number of anilines is 1. The number of benzene rings is 2. The molecule has 1 aliphatic carbocycles. The molecule has 4 fully saturated rings. The summed E-state index contributed by atoms with van der Waals surface area (Å²) in [5.41, 5.74) is 2.97. The minimum Gasteiger partial charge on any atom is -0.458 e. The van der Waals surface area contributed by atoms with E-state index in [1.165, 1.54) is 84.7 Å². The molecule has 0 aromatic heterocycles. The zero-order valence-electron chi connectivity index (χ0n) is 53.0. The summed E-state index contributed by atoms with van der Waals surface area (Å²) in [5, 5.41) is 32.1. The van der Waals surface area contributed by atoms with Crippen LogP contribution in [0.3, 0.4) is 0 Å². The average molecular weight is 1260 g/mol. The van der Waals surface area contributed by atoms with Gasteiger partial charge in [0.25, 0.3) is 11.8 Å². The maximum Gasteiger partial charge on any atom is 0.329 e. The molecule has 1 aromatic carbocycles. The Hall–Kier alpha value is -8.80. The Bertz CT molecular complexity index is 3420. The van der Waals surface area contributed by atoms with E-state index in [1.54, 1.807) is 34.6 Å². The molecular weight excluding hydrogens is 1180 g/mol. The quantitative estimate of drug-likeness (QED) is 0.0741. The monoisotopic (exact) mass is 1260 g/mol. The van der Waals surface area contributed by atoms with E-state index in [1.807, 2.05) is 0 Å². The lowest BCUT2D eigenvalue weighted by Gasteiger charge is -2.36. The highest BCUT2D eigenvalue weighted by atomic mass is 16.6. The molecule has 30 nitrogen and oxygen atoms in total. The van der Waals surface area contributed by atoms with Crippen molar-refractivity contribution in [2.24, 2.45) is 11.8 Å². The van der Waals surface area contributed by atoms with Crippen LogP contribution in [0.5, 0.6) is 0 Å². The van der Waals surface area contributed by atoms with Gasteiger partial charge in [0.05, 0.1) is 42.1 Å². The zero-order valence-corrected chi connectivity index (χ0v) is 53.0. The number of nitrogens with zero attached hydrogens (tertiary/aromatic N) is 7. The first-order chi connectivity index (χ1) is 42.1. The van der Waals surface area contributed by atoms with Crippen LogP contribution in [-0.4, -0.2) is 243 Å². The van der Waals surface area contributed by atoms with Gasteiger partial charge in [-0.1, -0.05) is 33.8 Å². The summed E-state index contributed by atoms with van der Waals surface area (Å²) in [6, 6.07) is -9.52. The number of nitrogens with one attached hydrogen (secondary N) is 4. The maximum atomic E-state index is 15.1. The molecule has 0 spiro atoms. The number of esters is 2. The largest absolute Gasteiger partial charge is 0.458 e. The van der Waals surface area contributed by atoms with Crippen molar-refractivity contribution in [3.8, 4) is 11.5 Å². The van der Waals surface area contributed by atoms with Gasteiger partial charge in [-0.15, -0.1) is 0 Å². The van der Waals surface area contributed by atoms with Gasteiger partial charge >= 0.3 is 11.9 Å². The van der Waals surface area contributed by atoms with Crippen molar-refractivity contribution < 1.29 is 81.6 Å². The van der Waals surface area contributed by atoms with Crippen molar-refractivity contribution in [1.29, 1.82) is 0 Å². The van der Waals surface area contributed by atoms with Crippen LogP contribution >= 0.6 is 0 Å². The number of likely N-dealkylation sites (N-methyl/N-ethyl adjacent to an activating group) is 4. The van der Waals surface area contributed by atoms with Crippen molar-refractivity contribution in [3.63, 3.8) is 0 Å². The van der Waals surface area contributed by atoms with Gasteiger partial charge in [0.2, 0.25) is 52.7 Å². The second-order valence-corrected chi connectivity index (χ2v) is 24.5. The lowest BCUT2D eigenvalue weighted by Crippen LogP contribution is -2.62. The number of aliphatic hydroxyl groups excluding tert-OH is 2. The van der Waals surface area contributed by atoms with Crippen molar-refractivity contribution >= 4 is 87.8 Å². The van der Waals surface area contributed by atoms with Crippen LogP contribution in [0.2, 0.25) is 0 Å². The molecule has 0 unspecified atom stereocenters. The third-order valence-electron chi connectivity index (χ3n) is 17.2. The van der Waals surface area contributed by atoms with E-state index in [9.17, 15) is 63.0 Å². The van der Waals surface area contributed by atoms with Crippen LogP contribution in [0.25, 0.3) is 22.6 Å². The smallest absolute Gasteiger partial charge is 0.329 e. The van der Waals surface area contributed by atoms with E-state index >= 15 is 9.59 Å². The predicted molar refractivity (Wildman–Crippen MR) is 319 cm³/mol. The number of fused-ring (bicyclic) bond motifs is 4. The summed E-state index contributed by atoms with van der Waals surface area (Å²) < 4.78 is 18.1. The molecule has 0 bridgehead atoms. The molecule has 0 saturated carbocycles. The number of nitrogen functional groups attached to an aromatic ring is 1. The van der Waals surface area contributed by atoms with Gasteiger partial charge in [-0.3, -0.25) is 52.7 Å². The second kappa shape index (κ2) is 27.5. The van der Waals surface area contributed by atoms with E-state index in [-0.39, 0.29) is 53.9 Å². The Morgan fingerprint density at radius 2 is 1.07 bits per heavy atom. The molecule has 6 aliphatic rings. The summed E-state index contributed by atoms with van der Waals surface area (Å²) in [7, 11) is 5.40. The second-order valence-electron chi connectivity index (χ2n) is 24.5. The number of cyclic esters (lactones) is 2.